The van der Waals surface area contributed by atoms with Crippen molar-refractivity contribution in [1.29, 1.82) is 0 Å². The van der Waals surface area contributed by atoms with Gasteiger partial charge in [0.05, 0.1) is 35.2 Å². The Morgan fingerprint density at radius 2 is 1.83 bits per heavy atom. The van der Waals surface area contributed by atoms with E-state index in [0.29, 0.717) is 43.1 Å². The minimum Gasteiger partial charge on any atom is -0.378 e. The van der Waals surface area contributed by atoms with Gasteiger partial charge < -0.3 is 9.64 Å². The van der Waals surface area contributed by atoms with Crippen molar-refractivity contribution in [2.75, 3.05) is 26.3 Å². The molecule has 1 fully saturated rings. The monoisotopic (exact) mass is 487 g/mol. The van der Waals surface area contributed by atoms with E-state index in [0.717, 1.165) is 10.2 Å². The highest BCUT2D eigenvalue weighted by atomic mass is 79.9. The number of rotatable bonds is 2. The predicted molar refractivity (Wildman–Crippen MR) is 114 cm³/mol. The fourth-order valence-electron chi connectivity index (χ4n) is 3.95. The van der Waals surface area contributed by atoms with Crippen LogP contribution in [0.2, 0.25) is 0 Å². The van der Waals surface area contributed by atoms with Crippen LogP contribution in [0.3, 0.4) is 0 Å². The second kappa shape index (κ2) is 7.33. The van der Waals surface area contributed by atoms with Crippen molar-refractivity contribution >= 4 is 31.7 Å². The molecule has 0 N–H and O–H groups in total. The van der Waals surface area contributed by atoms with Crippen LogP contribution in [0.25, 0.3) is 16.9 Å². The molecule has 2 aliphatic heterocycles. The van der Waals surface area contributed by atoms with Crippen LogP contribution in [-0.4, -0.2) is 55.3 Å². The van der Waals surface area contributed by atoms with Crippen LogP contribution in [-0.2, 0) is 20.3 Å². The van der Waals surface area contributed by atoms with Crippen molar-refractivity contribution in [3.63, 3.8) is 0 Å². The van der Waals surface area contributed by atoms with E-state index in [1.165, 1.54) is 0 Å². The summed E-state index contributed by atoms with van der Waals surface area (Å²) >= 11 is 3.48. The molecule has 0 aliphatic carbocycles. The molecule has 0 unspecified atom stereocenters. The van der Waals surface area contributed by atoms with E-state index in [2.05, 4.69) is 21.0 Å². The van der Waals surface area contributed by atoms with Crippen molar-refractivity contribution < 1.29 is 17.9 Å². The molecule has 1 saturated heterocycles. The van der Waals surface area contributed by atoms with E-state index < -0.39 is 9.84 Å². The van der Waals surface area contributed by atoms with Gasteiger partial charge in [0.2, 0.25) is 0 Å². The Balaban J connectivity index is 1.76. The lowest BCUT2D eigenvalue weighted by molar-refractivity contribution is 0.0298. The highest BCUT2D eigenvalue weighted by Crippen LogP contribution is 2.41. The SMILES string of the molecule is O=C(c1nn(-c2cccc(Br)c2)c2c1CS(=O)(=O)c1ccccc1-2)N1CCOCC1. The van der Waals surface area contributed by atoms with Crippen LogP contribution in [0.1, 0.15) is 16.1 Å². The van der Waals surface area contributed by atoms with Gasteiger partial charge in [-0.15, -0.1) is 0 Å². The summed E-state index contributed by atoms with van der Waals surface area (Å²) in [6.07, 6.45) is 0. The van der Waals surface area contributed by atoms with Gasteiger partial charge in [0, 0.05) is 28.7 Å². The number of ether oxygens (including phenoxy) is 1. The summed E-state index contributed by atoms with van der Waals surface area (Å²) in [6.45, 7) is 1.84. The molecule has 0 radical (unpaired) electrons. The van der Waals surface area contributed by atoms with Crippen LogP contribution in [0, 0.1) is 0 Å². The number of fused-ring (bicyclic) bond motifs is 3. The molecule has 2 aromatic carbocycles. The third kappa shape index (κ3) is 3.17. The first kappa shape index (κ1) is 19.5. The van der Waals surface area contributed by atoms with E-state index >= 15 is 0 Å². The summed E-state index contributed by atoms with van der Waals surface area (Å²) in [7, 11) is -3.58. The van der Waals surface area contributed by atoms with Gasteiger partial charge in [-0.2, -0.15) is 5.10 Å². The normalized spacial score (nSPS) is 17.3. The van der Waals surface area contributed by atoms with Gasteiger partial charge in [-0.25, -0.2) is 13.1 Å². The molecule has 0 saturated carbocycles. The van der Waals surface area contributed by atoms with Gasteiger partial charge in [-0.05, 0) is 24.3 Å². The fourth-order valence-corrected chi connectivity index (χ4v) is 5.93. The Morgan fingerprint density at radius 1 is 1.07 bits per heavy atom. The third-order valence-corrected chi connectivity index (χ3v) is 7.54. The first-order chi connectivity index (χ1) is 14.5. The summed E-state index contributed by atoms with van der Waals surface area (Å²) in [6, 6.07) is 14.4. The summed E-state index contributed by atoms with van der Waals surface area (Å²) in [5.74, 6) is -0.517. The van der Waals surface area contributed by atoms with Crippen LogP contribution < -0.4 is 0 Å². The molecule has 3 heterocycles. The molecule has 3 aromatic rings. The first-order valence-corrected chi connectivity index (χ1v) is 12.0. The minimum absolute atomic E-state index is 0.185. The molecule has 30 heavy (non-hydrogen) atoms. The second-order valence-corrected chi connectivity index (χ2v) is 10.1. The summed E-state index contributed by atoms with van der Waals surface area (Å²) in [5.41, 5.74) is 2.59. The molecule has 9 heteroatoms. The predicted octanol–water partition coefficient (Wildman–Crippen LogP) is 3.06. The molecule has 5 rings (SSSR count). The average Bonchev–Trinajstić information content (AvgIpc) is 3.12. The summed E-state index contributed by atoms with van der Waals surface area (Å²) < 4.78 is 33.9. The Kier molecular flexibility index (Phi) is 4.76. The van der Waals surface area contributed by atoms with Crippen molar-refractivity contribution in [3.8, 4) is 16.9 Å². The molecule has 7 nitrogen and oxygen atoms in total. The minimum atomic E-state index is -3.58. The Morgan fingerprint density at radius 3 is 2.60 bits per heavy atom. The maximum atomic E-state index is 13.3. The number of nitrogens with zero attached hydrogens (tertiary/aromatic N) is 3. The molecular weight excluding hydrogens is 470 g/mol. The van der Waals surface area contributed by atoms with E-state index in [-0.39, 0.29) is 22.2 Å². The molecule has 1 amide bonds. The first-order valence-electron chi connectivity index (χ1n) is 9.53. The van der Waals surface area contributed by atoms with Crippen molar-refractivity contribution in [2.45, 2.75) is 10.6 Å². The number of morpholine rings is 1. The second-order valence-electron chi connectivity index (χ2n) is 7.23. The number of aromatic nitrogens is 2. The van der Waals surface area contributed by atoms with Crippen molar-refractivity contribution in [3.05, 3.63) is 64.3 Å². The highest BCUT2D eigenvalue weighted by molar-refractivity contribution is 9.10. The number of carbonyl (C=O) groups excluding carboxylic acids is 1. The third-order valence-electron chi connectivity index (χ3n) is 5.35. The van der Waals surface area contributed by atoms with E-state index in [1.54, 1.807) is 33.8 Å². The number of carbonyl (C=O) groups is 1. The van der Waals surface area contributed by atoms with Crippen LogP contribution in [0.15, 0.2) is 57.9 Å². The lowest BCUT2D eigenvalue weighted by Gasteiger charge is -2.26. The molecular formula is C21H18BrN3O4S. The molecule has 0 spiro atoms. The Hall–Kier alpha value is -2.49. The topological polar surface area (TPSA) is 81.5 Å². The molecule has 0 bridgehead atoms. The smallest absolute Gasteiger partial charge is 0.274 e. The van der Waals surface area contributed by atoms with Crippen LogP contribution in [0.5, 0.6) is 0 Å². The number of hydrogen-bond acceptors (Lipinski definition) is 5. The highest BCUT2D eigenvalue weighted by Gasteiger charge is 2.37. The number of sulfone groups is 1. The Labute approximate surface area is 182 Å². The van der Waals surface area contributed by atoms with E-state index in [4.69, 9.17) is 4.74 Å². The van der Waals surface area contributed by atoms with E-state index in [1.807, 2.05) is 24.3 Å². The van der Waals surface area contributed by atoms with Gasteiger partial charge in [0.1, 0.15) is 0 Å². The molecule has 2 aliphatic rings. The molecule has 154 valence electrons. The summed E-state index contributed by atoms with van der Waals surface area (Å²) in [4.78, 5) is 15.2. The molecule has 0 atom stereocenters. The van der Waals surface area contributed by atoms with Crippen molar-refractivity contribution in [1.82, 2.24) is 14.7 Å². The maximum absolute atomic E-state index is 13.3. The number of benzene rings is 2. The van der Waals surface area contributed by atoms with Gasteiger partial charge >= 0.3 is 0 Å². The largest absolute Gasteiger partial charge is 0.378 e. The number of halogens is 1. The molecule has 1 aromatic heterocycles. The number of amides is 1. The average molecular weight is 488 g/mol. The number of hydrogen-bond donors (Lipinski definition) is 0. The van der Waals surface area contributed by atoms with Gasteiger partial charge in [0.25, 0.3) is 5.91 Å². The summed E-state index contributed by atoms with van der Waals surface area (Å²) in [5, 5.41) is 4.64. The Bertz CT molecular complexity index is 1260. The van der Waals surface area contributed by atoms with E-state index in [9.17, 15) is 13.2 Å². The standard InChI is InChI=1S/C21H18BrN3O4S/c22-14-4-3-5-15(12-14)25-20-16-6-1-2-7-18(16)30(27,28)13-17(20)19(23-25)21(26)24-8-10-29-11-9-24/h1-7,12H,8-11,13H2. The van der Waals surface area contributed by atoms with Crippen LogP contribution >= 0.6 is 15.9 Å². The van der Waals surface area contributed by atoms with Crippen molar-refractivity contribution in [2.24, 2.45) is 0 Å². The zero-order valence-electron chi connectivity index (χ0n) is 15.9. The zero-order valence-corrected chi connectivity index (χ0v) is 18.3. The van der Waals surface area contributed by atoms with Gasteiger partial charge in [0.15, 0.2) is 15.5 Å². The fraction of sp³-hybridized carbons (Fsp3) is 0.238. The van der Waals surface area contributed by atoms with Gasteiger partial charge in [-0.1, -0.05) is 40.2 Å². The quantitative estimate of drug-likeness (QED) is 0.554. The van der Waals surface area contributed by atoms with Crippen LogP contribution in [0.4, 0.5) is 0 Å². The lowest BCUT2D eigenvalue weighted by Crippen LogP contribution is -2.41. The maximum Gasteiger partial charge on any atom is 0.274 e. The lowest BCUT2D eigenvalue weighted by atomic mass is 10.0. The van der Waals surface area contributed by atoms with Gasteiger partial charge in [-0.3, -0.25) is 4.79 Å². The zero-order chi connectivity index (χ0) is 20.9.